The Kier molecular flexibility index (Phi) is 2.79. The van der Waals surface area contributed by atoms with E-state index in [1.807, 2.05) is 48.9 Å². The van der Waals surface area contributed by atoms with Crippen molar-refractivity contribution in [3.8, 4) is 5.69 Å². The molecule has 0 aliphatic carbocycles. The summed E-state index contributed by atoms with van der Waals surface area (Å²) in [6, 6.07) is 9.60. The molecule has 2 heterocycles. The Labute approximate surface area is 116 Å². The highest BCUT2D eigenvalue weighted by Gasteiger charge is 2.16. The number of fused-ring (bicyclic) bond motifs is 1. The molecule has 1 N–H and O–H groups in total. The van der Waals surface area contributed by atoms with Crippen molar-refractivity contribution < 1.29 is 9.90 Å². The molecule has 1 aromatic carbocycles. The molecule has 4 nitrogen and oxygen atoms in total. The van der Waals surface area contributed by atoms with Crippen LogP contribution in [0.1, 0.15) is 21.7 Å². The summed E-state index contributed by atoms with van der Waals surface area (Å²) >= 11 is 0. The molecule has 0 amide bonds. The number of pyridine rings is 1. The number of rotatable bonds is 2. The zero-order valence-corrected chi connectivity index (χ0v) is 11.3. The van der Waals surface area contributed by atoms with Gasteiger partial charge in [-0.05, 0) is 32.0 Å². The first-order valence-electron chi connectivity index (χ1n) is 6.35. The van der Waals surface area contributed by atoms with Gasteiger partial charge in [0.25, 0.3) is 0 Å². The van der Waals surface area contributed by atoms with E-state index in [1.54, 1.807) is 12.3 Å². The number of carbonyl (C=O) groups is 1. The van der Waals surface area contributed by atoms with E-state index >= 15 is 0 Å². The van der Waals surface area contributed by atoms with E-state index < -0.39 is 5.97 Å². The standard InChI is InChI=1S/C16H14N2O2/c1-10-8-14(16(19)20)11(2)18(10)15-5-3-4-12-9-17-7-6-13(12)15/h3-9H,1-2H3,(H,19,20). The van der Waals surface area contributed by atoms with Crippen molar-refractivity contribution in [2.75, 3.05) is 0 Å². The maximum atomic E-state index is 11.3. The molecule has 3 aromatic rings. The van der Waals surface area contributed by atoms with Gasteiger partial charge in [0.2, 0.25) is 0 Å². The van der Waals surface area contributed by atoms with Gasteiger partial charge in [0.15, 0.2) is 0 Å². The highest BCUT2D eigenvalue weighted by molar-refractivity contribution is 5.92. The SMILES string of the molecule is Cc1cc(C(=O)O)c(C)n1-c1cccc2cnccc12. The maximum absolute atomic E-state index is 11.3. The van der Waals surface area contributed by atoms with Gasteiger partial charge in [-0.3, -0.25) is 4.98 Å². The molecule has 0 radical (unpaired) electrons. The van der Waals surface area contributed by atoms with Crippen LogP contribution in [0, 0.1) is 13.8 Å². The molecule has 0 unspecified atom stereocenters. The molecule has 0 saturated heterocycles. The molecule has 0 spiro atoms. The van der Waals surface area contributed by atoms with Crippen molar-refractivity contribution in [3.63, 3.8) is 0 Å². The lowest BCUT2D eigenvalue weighted by Gasteiger charge is -2.12. The smallest absolute Gasteiger partial charge is 0.337 e. The number of hydrogen-bond acceptors (Lipinski definition) is 2. The van der Waals surface area contributed by atoms with E-state index in [9.17, 15) is 9.90 Å². The normalized spacial score (nSPS) is 10.9. The van der Waals surface area contributed by atoms with E-state index in [1.165, 1.54) is 0 Å². The molecule has 0 fully saturated rings. The van der Waals surface area contributed by atoms with Crippen LogP contribution < -0.4 is 0 Å². The lowest BCUT2D eigenvalue weighted by atomic mass is 10.1. The molecular weight excluding hydrogens is 252 g/mol. The van der Waals surface area contributed by atoms with Crippen molar-refractivity contribution in [2.24, 2.45) is 0 Å². The summed E-state index contributed by atoms with van der Waals surface area (Å²) in [6.07, 6.45) is 3.56. The molecule has 0 aliphatic rings. The van der Waals surface area contributed by atoms with Gasteiger partial charge in [-0.2, -0.15) is 0 Å². The number of benzene rings is 1. The number of aromatic nitrogens is 2. The van der Waals surface area contributed by atoms with Crippen LogP contribution in [-0.4, -0.2) is 20.6 Å². The van der Waals surface area contributed by atoms with Gasteiger partial charge in [-0.15, -0.1) is 0 Å². The Morgan fingerprint density at radius 3 is 2.75 bits per heavy atom. The number of carboxylic acids is 1. The predicted molar refractivity (Wildman–Crippen MR) is 77.5 cm³/mol. The number of hydrogen-bond donors (Lipinski definition) is 1. The van der Waals surface area contributed by atoms with E-state index in [2.05, 4.69) is 4.98 Å². The number of carboxylic acid groups (broad SMARTS) is 1. The molecule has 2 aromatic heterocycles. The zero-order valence-electron chi connectivity index (χ0n) is 11.3. The highest BCUT2D eigenvalue weighted by atomic mass is 16.4. The number of aryl methyl sites for hydroxylation is 1. The van der Waals surface area contributed by atoms with Crippen molar-refractivity contribution in [2.45, 2.75) is 13.8 Å². The first-order valence-corrected chi connectivity index (χ1v) is 6.35. The second kappa shape index (κ2) is 4.49. The monoisotopic (exact) mass is 266 g/mol. The van der Waals surface area contributed by atoms with Crippen molar-refractivity contribution in [1.29, 1.82) is 0 Å². The van der Waals surface area contributed by atoms with Gasteiger partial charge in [0.05, 0.1) is 11.3 Å². The Morgan fingerprint density at radius 1 is 1.25 bits per heavy atom. The van der Waals surface area contributed by atoms with Crippen LogP contribution in [0.4, 0.5) is 0 Å². The van der Waals surface area contributed by atoms with Gasteiger partial charge in [-0.25, -0.2) is 4.79 Å². The summed E-state index contributed by atoms with van der Waals surface area (Å²) in [6.45, 7) is 3.75. The van der Waals surface area contributed by atoms with Crippen LogP contribution >= 0.6 is 0 Å². The Hall–Kier alpha value is -2.62. The van der Waals surface area contributed by atoms with E-state index in [0.717, 1.165) is 27.8 Å². The largest absolute Gasteiger partial charge is 0.478 e. The maximum Gasteiger partial charge on any atom is 0.337 e. The molecule has 0 aliphatic heterocycles. The third-order valence-corrected chi connectivity index (χ3v) is 3.56. The summed E-state index contributed by atoms with van der Waals surface area (Å²) in [5.74, 6) is -0.897. The minimum absolute atomic E-state index is 0.341. The average Bonchev–Trinajstić information content (AvgIpc) is 2.74. The first kappa shape index (κ1) is 12.4. The number of aromatic carboxylic acids is 1. The fraction of sp³-hybridized carbons (Fsp3) is 0.125. The molecule has 0 atom stereocenters. The first-order chi connectivity index (χ1) is 9.59. The minimum atomic E-state index is -0.897. The Bertz CT molecular complexity index is 813. The van der Waals surface area contributed by atoms with Gasteiger partial charge in [0.1, 0.15) is 0 Å². The fourth-order valence-electron chi connectivity index (χ4n) is 2.65. The summed E-state index contributed by atoms with van der Waals surface area (Å²) in [5, 5.41) is 11.3. The fourth-order valence-corrected chi connectivity index (χ4v) is 2.65. The molecule has 3 rings (SSSR count). The van der Waals surface area contributed by atoms with Gasteiger partial charge in [-0.1, -0.05) is 12.1 Å². The van der Waals surface area contributed by atoms with Crippen molar-refractivity contribution >= 4 is 16.7 Å². The van der Waals surface area contributed by atoms with Crippen LogP contribution in [0.5, 0.6) is 0 Å². The molecule has 0 saturated carbocycles. The Morgan fingerprint density at radius 2 is 2.05 bits per heavy atom. The van der Waals surface area contributed by atoms with Gasteiger partial charge < -0.3 is 9.67 Å². The van der Waals surface area contributed by atoms with E-state index in [4.69, 9.17) is 0 Å². The lowest BCUT2D eigenvalue weighted by molar-refractivity contribution is 0.0696. The predicted octanol–water partition coefficient (Wildman–Crippen LogP) is 3.34. The molecule has 4 heteroatoms. The average molecular weight is 266 g/mol. The van der Waals surface area contributed by atoms with Crippen molar-refractivity contribution in [1.82, 2.24) is 9.55 Å². The Balaban J connectivity index is 2.34. The van der Waals surface area contributed by atoms with Crippen LogP contribution in [0.2, 0.25) is 0 Å². The van der Waals surface area contributed by atoms with Gasteiger partial charge in [0, 0.05) is 34.6 Å². The summed E-state index contributed by atoms with van der Waals surface area (Å²) in [4.78, 5) is 15.4. The summed E-state index contributed by atoms with van der Waals surface area (Å²) in [5.41, 5.74) is 2.96. The molecular formula is C16H14N2O2. The van der Waals surface area contributed by atoms with Crippen LogP contribution in [0.25, 0.3) is 16.5 Å². The highest BCUT2D eigenvalue weighted by Crippen LogP contribution is 2.26. The molecule has 0 bridgehead atoms. The van der Waals surface area contributed by atoms with Crippen molar-refractivity contribution in [3.05, 3.63) is 59.7 Å². The number of nitrogens with zero attached hydrogens (tertiary/aromatic N) is 2. The third-order valence-electron chi connectivity index (χ3n) is 3.56. The van der Waals surface area contributed by atoms with E-state index in [-0.39, 0.29) is 0 Å². The van der Waals surface area contributed by atoms with Crippen LogP contribution in [0.15, 0.2) is 42.7 Å². The third kappa shape index (κ3) is 1.77. The zero-order chi connectivity index (χ0) is 14.3. The quantitative estimate of drug-likeness (QED) is 0.774. The summed E-state index contributed by atoms with van der Waals surface area (Å²) < 4.78 is 1.98. The molecule has 20 heavy (non-hydrogen) atoms. The topological polar surface area (TPSA) is 55.1 Å². The minimum Gasteiger partial charge on any atom is -0.478 e. The van der Waals surface area contributed by atoms with Gasteiger partial charge >= 0.3 is 5.97 Å². The van der Waals surface area contributed by atoms with Crippen LogP contribution in [0.3, 0.4) is 0 Å². The van der Waals surface area contributed by atoms with E-state index in [0.29, 0.717) is 5.56 Å². The summed E-state index contributed by atoms with van der Waals surface area (Å²) in [7, 11) is 0. The van der Waals surface area contributed by atoms with Crippen LogP contribution in [-0.2, 0) is 0 Å². The second-order valence-electron chi connectivity index (χ2n) is 4.80. The lowest BCUT2D eigenvalue weighted by Crippen LogP contribution is -2.03. The molecule has 100 valence electrons. The second-order valence-corrected chi connectivity index (χ2v) is 4.80.